The van der Waals surface area contributed by atoms with Gasteiger partial charge in [-0.2, -0.15) is 0 Å². The zero-order chi connectivity index (χ0) is 35.5. The average molecular weight is 1540 g/mol. The van der Waals surface area contributed by atoms with Crippen LogP contribution in [-0.2, 0) is 28.8 Å². The van der Waals surface area contributed by atoms with Crippen LogP contribution in [0.4, 0.5) is 14.4 Å². The summed E-state index contributed by atoms with van der Waals surface area (Å²) in [6.07, 6.45) is 4.73. The van der Waals surface area contributed by atoms with Crippen molar-refractivity contribution in [3.05, 3.63) is 14.9 Å². The minimum atomic E-state index is -0.278. The van der Waals surface area contributed by atoms with Gasteiger partial charge in [0.1, 0.15) is 5.78 Å². The summed E-state index contributed by atoms with van der Waals surface area (Å²) in [7, 11) is 4.21. The molecular weight excluding hydrogens is 1500 g/mol. The van der Waals surface area contributed by atoms with E-state index in [-0.39, 0.29) is 59.9 Å². The van der Waals surface area contributed by atoms with Crippen LogP contribution in [0.3, 0.4) is 0 Å². The van der Waals surface area contributed by atoms with Crippen molar-refractivity contribution in [2.45, 2.75) is 62.4 Å². The minimum absolute atomic E-state index is 0. The van der Waals surface area contributed by atoms with Crippen molar-refractivity contribution in [2.75, 3.05) is 60.6 Å². The first-order valence-corrected chi connectivity index (χ1v) is 42.6. The van der Waals surface area contributed by atoms with Crippen LogP contribution in [0, 0.1) is 31.1 Å². The van der Waals surface area contributed by atoms with E-state index < -0.39 is 0 Å². The van der Waals surface area contributed by atoms with Crippen molar-refractivity contribution in [2.24, 2.45) is 16.2 Å². The Labute approximate surface area is 377 Å². The maximum atomic E-state index is 11.0. The van der Waals surface area contributed by atoms with Crippen LogP contribution in [0.2, 0.25) is 0 Å². The van der Waals surface area contributed by atoms with Crippen molar-refractivity contribution in [3.63, 3.8) is 0 Å². The molecule has 3 heterocycles. The standard InChI is InChI=1S/C8H12INO2.C8H13NO3.C8H11NO3.C2H6.2CH3.6HI.2V/c1-12-7(11)10-4-8(5-10)2-6(9)3-8;2*1-12-7(11)9-4-8(5-9)2-6(10)3-8;1-2;;;;;;;;;;/h6H,2-5H2,1H3;6,10H,2-5H2,1H3;2-5H2,1H3;1-2H3;2*1H3;6*1H;;/q;;;;2*-1;;;;;;;2*+3/p-6. The van der Waals surface area contributed by atoms with Crippen LogP contribution in [-0.4, -0.2) is 114 Å². The zero-order valence-electron chi connectivity index (χ0n) is 28.3. The van der Waals surface area contributed by atoms with E-state index in [0.29, 0.717) is 37.1 Å². The average Bonchev–Trinajstić information content (AvgIpc) is 2.87. The number of ether oxygens (including phenoxy) is 3. The third-order valence-electron chi connectivity index (χ3n) is 8.25. The number of amides is 3. The fourth-order valence-electron chi connectivity index (χ4n) is 6.41. The molecular formula is C28H48I7N3O8V2-2. The molecule has 3 saturated heterocycles. The van der Waals surface area contributed by atoms with Gasteiger partial charge in [-0.3, -0.25) is 4.79 Å². The zero-order valence-corrected chi connectivity index (χ0v) is 46.2. The van der Waals surface area contributed by atoms with Gasteiger partial charge in [-0.1, -0.05) is 36.4 Å². The van der Waals surface area contributed by atoms with Crippen molar-refractivity contribution in [1.82, 2.24) is 14.7 Å². The summed E-state index contributed by atoms with van der Waals surface area (Å²) in [4.78, 5) is 48.1. The Kier molecular flexibility index (Phi) is 28.9. The van der Waals surface area contributed by atoms with Gasteiger partial charge in [0.05, 0.1) is 27.4 Å². The number of Topliss-reactive ketones (excluding diaryl/α,β-unsaturated/α-hetero) is 1. The first-order chi connectivity index (χ1) is 21.4. The first-order valence-electron chi connectivity index (χ1n) is 14.3. The molecule has 11 nitrogen and oxygen atoms in total. The van der Waals surface area contributed by atoms with Gasteiger partial charge in [0, 0.05) is 72.3 Å². The normalized spacial score (nSPS) is 21.0. The van der Waals surface area contributed by atoms with E-state index >= 15 is 0 Å². The predicted molar refractivity (Wildman–Crippen MR) is 244 cm³/mol. The summed E-state index contributed by atoms with van der Waals surface area (Å²) in [5.74, 6) is 0.319. The van der Waals surface area contributed by atoms with Crippen LogP contribution < -0.4 is 0 Å². The Morgan fingerprint density at radius 3 is 1.10 bits per heavy atom. The molecule has 3 saturated carbocycles. The molecule has 0 unspecified atom stereocenters. The second-order valence-corrected chi connectivity index (χ2v) is 84.3. The predicted octanol–water partition coefficient (Wildman–Crippen LogP) is 9.52. The molecule has 3 spiro atoms. The van der Waals surface area contributed by atoms with Crippen molar-refractivity contribution in [3.8, 4) is 0 Å². The number of aliphatic hydroxyl groups excluding tert-OH is 1. The second-order valence-electron chi connectivity index (χ2n) is 11.8. The molecule has 48 heavy (non-hydrogen) atoms. The number of carbonyl (C=O) groups excluding carboxylic acids is 4. The SMILES string of the molecule is CC.COC(=O)N1CC2(CC(=O)C2)C1.COC(=O)N1CC2(CC(I)C2)C1.COC(=O)N1CC2(CC(O)C2)C1.[CH3-].[CH3-].[I][V]([I])[I].[I][V]([I])[I]. The van der Waals surface area contributed by atoms with Crippen LogP contribution >= 0.6 is 142 Å². The van der Waals surface area contributed by atoms with Crippen molar-refractivity contribution in [1.29, 1.82) is 0 Å². The maximum absolute atomic E-state index is 11.0. The van der Waals surface area contributed by atoms with Gasteiger partial charge in [-0.05, 0) is 25.7 Å². The van der Waals surface area contributed by atoms with E-state index in [2.05, 4.69) is 157 Å². The molecule has 0 radical (unpaired) electrons. The van der Waals surface area contributed by atoms with E-state index in [1.54, 1.807) is 14.7 Å². The van der Waals surface area contributed by atoms with E-state index in [1.807, 2.05) is 13.8 Å². The van der Waals surface area contributed by atoms with Gasteiger partial charge < -0.3 is 48.9 Å². The van der Waals surface area contributed by atoms with Crippen LogP contribution in [0.25, 0.3) is 0 Å². The molecule has 0 aromatic carbocycles. The number of hydrogen-bond acceptors (Lipinski definition) is 8. The van der Waals surface area contributed by atoms with Gasteiger partial charge in [0.25, 0.3) is 0 Å². The van der Waals surface area contributed by atoms with E-state index in [4.69, 9.17) is 5.11 Å². The third-order valence-corrected chi connectivity index (χ3v) is 9.13. The number of aliphatic hydroxyl groups is 1. The monoisotopic (exact) mass is 1540 g/mol. The molecule has 6 fully saturated rings. The van der Waals surface area contributed by atoms with Gasteiger partial charge in [0.15, 0.2) is 0 Å². The molecule has 0 bridgehead atoms. The van der Waals surface area contributed by atoms with Crippen LogP contribution in [0.5, 0.6) is 0 Å². The van der Waals surface area contributed by atoms with E-state index in [0.717, 1.165) is 42.9 Å². The molecule has 3 aliphatic carbocycles. The second kappa shape index (κ2) is 25.8. The first kappa shape index (κ1) is 53.8. The van der Waals surface area contributed by atoms with Crippen LogP contribution in [0.15, 0.2) is 0 Å². The van der Waals surface area contributed by atoms with Crippen molar-refractivity contribution < 1.29 is 48.3 Å². The topological polar surface area (TPSA) is 126 Å². The fourth-order valence-corrected chi connectivity index (χ4v) is 8.28. The number of carbonyl (C=O) groups is 4. The van der Waals surface area contributed by atoms with Gasteiger partial charge in [0.2, 0.25) is 0 Å². The van der Waals surface area contributed by atoms with E-state index in [9.17, 15) is 19.2 Å². The van der Waals surface area contributed by atoms with Crippen molar-refractivity contribution >= 4 is 167 Å². The Morgan fingerprint density at radius 2 is 0.896 bits per heavy atom. The molecule has 0 aromatic rings. The Bertz CT molecular complexity index is 936. The number of alkyl halides is 1. The number of nitrogens with zero attached hydrogens (tertiary/aromatic N) is 3. The molecule has 284 valence electrons. The number of ketones is 1. The summed E-state index contributed by atoms with van der Waals surface area (Å²) >= 11 is 17.2. The van der Waals surface area contributed by atoms with E-state index in [1.165, 1.54) is 34.2 Å². The molecule has 20 heteroatoms. The van der Waals surface area contributed by atoms with Gasteiger partial charge >= 0.3 is 148 Å². The number of halogens is 7. The summed E-state index contributed by atoms with van der Waals surface area (Å²) < 4.78 is 14.6. The van der Waals surface area contributed by atoms with Crippen LogP contribution in [0.1, 0.15) is 52.4 Å². The molecule has 6 rings (SSSR count). The molecule has 0 aromatic heterocycles. The number of rotatable bonds is 0. The molecule has 3 aliphatic heterocycles. The summed E-state index contributed by atoms with van der Waals surface area (Å²) in [6.45, 7) is 8.75. The molecule has 3 amide bonds. The molecule has 1 N–H and O–H groups in total. The summed E-state index contributed by atoms with van der Waals surface area (Å²) in [5.41, 5.74) is 0.874. The summed E-state index contributed by atoms with van der Waals surface area (Å²) in [5, 5.41) is 9.10. The Hall–Kier alpha value is 3.72. The van der Waals surface area contributed by atoms with Gasteiger partial charge in [-0.25, -0.2) is 14.4 Å². The number of hydrogen-bond donors (Lipinski definition) is 1. The fraction of sp³-hybridized carbons (Fsp3) is 0.786. The molecule has 0 atom stereocenters. The Morgan fingerprint density at radius 1 is 0.646 bits per heavy atom. The summed E-state index contributed by atoms with van der Waals surface area (Å²) in [6, 6.07) is 0. The van der Waals surface area contributed by atoms with Gasteiger partial charge in [-0.15, -0.1) is 0 Å². The number of likely N-dealkylation sites (tertiary alicyclic amines) is 3. The molecule has 6 aliphatic rings. The Balaban J connectivity index is 0. The third kappa shape index (κ3) is 17.7. The quantitative estimate of drug-likeness (QED) is 0.110. The number of methoxy groups -OCH3 is 3.